The minimum Gasteiger partial charge on any atom is -0.366 e. The largest absolute Gasteiger partial charge is 0.406 e. The van der Waals surface area contributed by atoms with E-state index in [1.165, 1.54) is 11.4 Å². The number of anilines is 2. The highest BCUT2D eigenvalue weighted by Gasteiger charge is 2.28. The van der Waals surface area contributed by atoms with Crippen LogP contribution in [0, 0.1) is 0 Å². The molecule has 18 heavy (non-hydrogen) atoms. The van der Waals surface area contributed by atoms with Gasteiger partial charge in [-0.25, -0.2) is 0 Å². The van der Waals surface area contributed by atoms with Crippen LogP contribution in [0.2, 0.25) is 0 Å². The summed E-state index contributed by atoms with van der Waals surface area (Å²) in [7, 11) is 0. The highest BCUT2D eigenvalue weighted by molar-refractivity contribution is 8.58. The summed E-state index contributed by atoms with van der Waals surface area (Å²) in [5.41, 5.74) is 2.47. The van der Waals surface area contributed by atoms with Crippen LogP contribution in [0.4, 0.5) is 11.4 Å². The first-order valence-electron chi connectivity index (χ1n) is 5.80. The summed E-state index contributed by atoms with van der Waals surface area (Å²) in [5.74, 6) is 0. The summed E-state index contributed by atoms with van der Waals surface area (Å²) in [6.07, 6.45) is 0. The van der Waals surface area contributed by atoms with Gasteiger partial charge >= 0.3 is 5.40 Å². The summed E-state index contributed by atoms with van der Waals surface area (Å²) in [5, 5.41) is 4.71. The Morgan fingerprint density at radius 2 is 1.11 bits per heavy atom. The van der Waals surface area contributed by atoms with E-state index in [2.05, 4.69) is 76.3 Å². The van der Waals surface area contributed by atoms with Gasteiger partial charge in [-0.1, -0.05) is 36.4 Å². The molecule has 0 N–H and O–H groups in total. The molecule has 0 aromatic heterocycles. The minimum atomic E-state index is 0.384. The standard InChI is InChI=1S/C14H12BNS2/c1-3-7-13(8-4-1)16(15-17-11-12-18-15)14-9-5-2-6-10-14/h1-12H. The molecular weight excluding hydrogens is 257 g/mol. The van der Waals surface area contributed by atoms with Crippen LogP contribution < -0.4 is 4.81 Å². The molecule has 0 radical (unpaired) electrons. The topological polar surface area (TPSA) is 3.24 Å². The second-order valence-corrected chi connectivity index (χ2v) is 6.17. The van der Waals surface area contributed by atoms with E-state index in [0.29, 0.717) is 5.40 Å². The number of para-hydroxylation sites is 2. The fraction of sp³-hybridized carbons (Fsp3) is 0. The van der Waals surface area contributed by atoms with E-state index >= 15 is 0 Å². The predicted molar refractivity (Wildman–Crippen MR) is 85.1 cm³/mol. The molecule has 0 fully saturated rings. The van der Waals surface area contributed by atoms with E-state index in [1.54, 1.807) is 0 Å². The molecule has 0 bridgehead atoms. The van der Waals surface area contributed by atoms with Crippen LogP contribution in [0.25, 0.3) is 0 Å². The highest BCUT2D eigenvalue weighted by atomic mass is 32.2. The number of rotatable bonds is 3. The van der Waals surface area contributed by atoms with Crippen molar-refractivity contribution in [1.82, 2.24) is 0 Å². The Balaban J connectivity index is 1.99. The summed E-state index contributed by atoms with van der Waals surface area (Å²) >= 11 is 3.70. The van der Waals surface area contributed by atoms with Gasteiger partial charge in [0.15, 0.2) is 0 Å². The summed E-state index contributed by atoms with van der Waals surface area (Å²) in [4.78, 5) is 2.37. The lowest BCUT2D eigenvalue weighted by atomic mass is 10.1. The summed E-state index contributed by atoms with van der Waals surface area (Å²) in [6.45, 7) is 0. The van der Waals surface area contributed by atoms with Crippen molar-refractivity contribution in [2.24, 2.45) is 0 Å². The van der Waals surface area contributed by atoms with Gasteiger partial charge in [0.25, 0.3) is 0 Å². The molecule has 1 aliphatic rings. The third-order valence-corrected chi connectivity index (χ3v) is 5.04. The van der Waals surface area contributed by atoms with Gasteiger partial charge in [-0.15, -0.1) is 23.2 Å². The van der Waals surface area contributed by atoms with Crippen molar-refractivity contribution in [1.29, 1.82) is 0 Å². The Bertz CT molecular complexity index is 483. The average molecular weight is 269 g/mol. The van der Waals surface area contributed by atoms with Crippen LogP contribution in [0.5, 0.6) is 0 Å². The molecule has 1 heterocycles. The zero-order valence-corrected chi connectivity index (χ0v) is 11.4. The molecule has 1 aliphatic heterocycles. The molecule has 0 saturated heterocycles. The zero-order chi connectivity index (χ0) is 12.2. The molecule has 0 atom stereocenters. The van der Waals surface area contributed by atoms with Gasteiger partial charge in [-0.2, -0.15) is 0 Å². The third-order valence-electron chi connectivity index (χ3n) is 2.73. The first-order valence-corrected chi connectivity index (χ1v) is 7.69. The molecule has 88 valence electrons. The molecule has 0 saturated carbocycles. The lowest BCUT2D eigenvalue weighted by Gasteiger charge is -2.27. The Kier molecular flexibility index (Phi) is 3.67. The SMILES string of the molecule is C1=CSB(N(c2ccccc2)c2ccccc2)S1. The van der Waals surface area contributed by atoms with Crippen LogP contribution >= 0.6 is 23.2 Å². The van der Waals surface area contributed by atoms with Crippen molar-refractivity contribution in [3.8, 4) is 0 Å². The first kappa shape index (κ1) is 11.8. The second-order valence-electron chi connectivity index (χ2n) is 3.89. The first-order chi connectivity index (χ1) is 8.95. The molecule has 3 rings (SSSR count). The third kappa shape index (κ3) is 2.45. The smallest absolute Gasteiger partial charge is 0.366 e. The second kappa shape index (κ2) is 5.59. The van der Waals surface area contributed by atoms with Crippen LogP contribution in [0.1, 0.15) is 0 Å². The maximum absolute atomic E-state index is 2.37. The van der Waals surface area contributed by atoms with Gasteiger partial charge < -0.3 is 4.81 Å². The predicted octanol–water partition coefficient (Wildman–Crippen LogP) is 4.76. The highest BCUT2D eigenvalue weighted by Crippen LogP contribution is 2.39. The van der Waals surface area contributed by atoms with Crippen molar-refractivity contribution in [2.45, 2.75) is 0 Å². The van der Waals surface area contributed by atoms with Crippen molar-refractivity contribution < 1.29 is 0 Å². The molecule has 0 spiro atoms. The van der Waals surface area contributed by atoms with Crippen LogP contribution in [-0.4, -0.2) is 5.40 Å². The Labute approximate surface area is 116 Å². The van der Waals surface area contributed by atoms with Crippen molar-refractivity contribution >= 4 is 40.0 Å². The number of nitrogens with zero attached hydrogens (tertiary/aromatic N) is 1. The van der Waals surface area contributed by atoms with E-state index in [0.717, 1.165) is 0 Å². The minimum absolute atomic E-state index is 0.384. The van der Waals surface area contributed by atoms with Crippen molar-refractivity contribution in [3.05, 3.63) is 71.5 Å². The van der Waals surface area contributed by atoms with E-state index in [1.807, 2.05) is 23.2 Å². The van der Waals surface area contributed by atoms with Crippen LogP contribution in [0.15, 0.2) is 71.5 Å². The van der Waals surface area contributed by atoms with E-state index in [9.17, 15) is 0 Å². The average Bonchev–Trinajstić information content (AvgIpc) is 2.95. The normalized spacial score (nSPS) is 13.9. The van der Waals surface area contributed by atoms with Gasteiger partial charge in [0, 0.05) is 11.4 Å². The van der Waals surface area contributed by atoms with E-state index in [4.69, 9.17) is 0 Å². The molecule has 0 unspecified atom stereocenters. The molecule has 0 aliphatic carbocycles. The Hall–Kier alpha value is -1.26. The van der Waals surface area contributed by atoms with Gasteiger partial charge in [0.2, 0.25) is 0 Å². The maximum Gasteiger partial charge on any atom is 0.406 e. The van der Waals surface area contributed by atoms with E-state index in [-0.39, 0.29) is 0 Å². The Morgan fingerprint density at radius 1 is 0.667 bits per heavy atom. The summed E-state index contributed by atoms with van der Waals surface area (Å²) < 4.78 is 0. The van der Waals surface area contributed by atoms with Crippen LogP contribution in [0.3, 0.4) is 0 Å². The van der Waals surface area contributed by atoms with Gasteiger partial charge in [-0.3, -0.25) is 0 Å². The molecule has 0 amide bonds. The molecule has 1 nitrogen and oxygen atoms in total. The fourth-order valence-corrected chi connectivity index (χ4v) is 4.08. The fourth-order valence-electron chi connectivity index (χ4n) is 1.92. The van der Waals surface area contributed by atoms with Crippen molar-refractivity contribution in [3.63, 3.8) is 0 Å². The molecule has 4 heteroatoms. The molecule has 2 aromatic rings. The number of benzene rings is 2. The van der Waals surface area contributed by atoms with Crippen LogP contribution in [-0.2, 0) is 0 Å². The quantitative estimate of drug-likeness (QED) is 0.739. The monoisotopic (exact) mass is 269 g/mol. The summed E-state index contributed by atoms with van der Waals surface area (Å²) in [6, 6.07) is 21.1. The van der Waals surface area contributed by atoms with Gasteiger partial charge in [0.1, 0.15) is 0 Å². The lowest BCUT2D eigenvalue weighted by Crippen LogP contribution is -2.28. The van der Waals surface area contributed by atoms with E-state index < -0.39 is 0 Å². The molecule has 2 aromatic carbocycles. The van der Waals surface area contributed by atoms with Crippen molar-refractivity contribution in [2.75, 3.05) is 4.81 Å². The van der Waals surface area contributed by atoms with Gasteiger partial charge in [-0.05, 0) is 35.1 Å². The number of hydrogen-bond acceptors (Lipinski definition) is 3. The number of hydrogen-bond donors (Lipinski definition) is 0. The molecular formula is C14H12BNS2. The maximum atomic E-state index is 2.37. The zero-order valence-electron chi connectivity index (χ0n) is 9.77. The van der Waals surface area contributed by atoms with Gasteiger partial charge in [0.05, 0.1) is 0 Å². The Morgan fingerprint density at radius 3 is 1.56 bits per heavy atom. The lowest BCUT2D eigenvalue weighted by molar-refractivity contribution is 1.41.